The third-order valence-electron chi connectivity index (χ3n) is 7.02. The molecule has 2 aliphatic carbocycles. The second-order valence-electron chi connectivity index (χ2n) is 9.11. The first-order valence-corrected chi connectivity index (χ1v) is 12.1. The predicted molar refractivity (Wildman–Crippen MR) is 113 cm³/mol. The molecule has 1 aromatic heterocycles. The van der Waals surface area contributed by atoms with Gasteiger partial charge in [0.1, 0.15) is 0 Å². The maximum absolute atomic E-state index is 13.2. The summed E-state index contributed by atoms with van der Waals surface area (Å²) < 4.78 is 0. The molecule has 1 atom stereocenters. The molecular weight excluding hydrogens is 368 g/mol. The van der Waals surface area contributed by atoms with Crippen LogP contribution in [0.4, 0.5) is 0 Å². The fourth-order valence-electron chi connectivity index (χ4n) is 5.44. The lowest BCUT2D eigenvalue weighted by atomic mass is 9.84. The number of thiophene rings is 1. The van der Waals surface area contributed by atoms with Crippen molar-refractivity contribution in [2.24, 2.45) is 11.8 Å². The topological polar surface area (TPSA) is 49.4 Å². The van der Waals surface area contributed by atoms with Gasteiger partial charge in [0.05, 0.1) is 6.04 Å². The molecule has 0 radical (unpaired) electrons. The van der Waals surface area contributed by atoms with Crippen molar-refractivity contribution >= 4 is 23.2 Å². The van der Waals surface area contributed by atoms with Crippen LogP contribution in [-0.4, -0.2) is 29.3 Å². The van der Waals surface area contributed by atoms with Gasteiger partial charge in [-0.05, 0) is 76.3 Å². The molecule has 1 aromatic rings. The zero-order valence-electron chi connectivity index (χ0n) is 17.1. The van der Waals surface area contributed by atoms with E-state index in [-0.39, 0.29) is 23.9 Å². The van der Waals surface area contributed by atoms with Crippen LogP contribution in [0.2, 0.25) is 0 Å². The van der Waals surface area contributed by atoms with Crippen LogP contribution in [0.1, 0.15) is 86.4 Å². The van der Waals surface area contributed by atoms with Crippen molar-refractivity contribution in [2.45, 2.75) is 89.6 Å². The number of hydrogen-bond donors (Lipinski definition) is 1. The van der Waals surface area contributed by atoms with Gasteiger partial charge in [0.2, 0.25) is 11.8 Å². The Balaban J connectivity index is 1.26. The molecular formula is C23H34N2O2S. The van der Waals surface area contributed by atoms with Crippen LogP contribution < -0.4 is 5.32 Å². The van der Waals surface area contributed by atoms with Crippen LogP contribution >= 0.6 is 11.3 Å². The van der Waals surface area contributed by atoms with E-state index < -0.39 is 0 Å². The second kappa shape index (κ2) is 8.98. The summed E-state index contributed by atoms with van der Waals surface area (Å²) in [6.45, 7) is 3.04. The van der Waals surface area contributed by atoms with Gasteiger partial charge >= 0.3 is 0 Å². The standard InChI is InChI=1S/C23H34N2O2S/c1-16-8-13-21(28-16)20-7-4-14-25(20)23(27)18-9-11-19(12-10-18)24-22(26)15-17-5-2-3-6-17/h8,13,17-20H,2-7,9-12,14-15H2,1H3,(H,24,26). The molecule has 0 aromatic carbocycles. The largest absolute Gasteiger partial charge is 0.353 e. The van der Waals surface area contributed by atoms with Gasteiger partial charge < -0.3 is 10.2 Å². The number of hydrogen-bond acceptors (Lipinski definition) is 3. The molecule has 4 nitrogen and oxygen atoms in total. The summed E-state index contributed by atoms with van der Waals surface area (Å²) in [6, 6.07) is 4.93. The third-order valence-corrected chi connectivity index (χ3v) is 8.12. The average molecular weight is 403 g/mol. The van der Waals surface area contributed by atoms with Gasteiger partial charge in [0, 0.05) is 34.7 Å². The van der Waals surface area contributed by atoms with Crippen LogP contribution in [0, 0.1) is 18.8 Å². The molecule has 2 saturated carbocycles. The first-order valence-electron chi connectivity index (χ1n) is 11.3. The Kier molecular flexibility index (Phi) is 6.39. The Morgan fingerprint density at radius 3 is 2.46 bits per heavy atom. The normalized spacial score (nSPS) is 28.6. The van der Waals surface area contributed by atoms with Crippen LogP contribution in [0.15, 0.2) is 12.1 Å². The number of carbonyl (C=O) groups is 2. The minimum Gasteiger partial charge on any atom is -0.353 e. The summed E-state index contributed by atoms with van der Waals surface area (Å²) in [4.78, 5) is 30.3. The highest BCUT2D eigenvalue weighted by atomic mass is 32.1. The highest BCUT2D eigenvalue weighted by Gasteiger charge is 2.36. The Labute approximate surface area is 173 Å². The molecule has 3 fully saturated rings. The van der Waals surface area contributed by atoms with Gasteiger partial charge in [-0.15, -0.1) is 11.3 Å². The van der Waals surface area contributed by atoms with Crippen LogP contribution in [0.5, 0.6) is 0 Å². The molecule has 28 heavy (non-hydrogen) atoms. The molecule has 0 spiro atoms. The number of rotatable bonds is 5. The van der Waals surface area contributed by atoms with Crippen molar-refractivity contribution in [1.82, 2.24) is 10.2 Å². The van der Waals surface area contributed by atoms with Crippen molar-refractivity contribution in [3.63, 3.8) is 0 Å². The maximum Gasteiger partial charge on any atom is 0.226 e. The highest BCUT2D eigenvalue weighted by Crippen LogP contribution is 2.38. The lowest BCUT2D eigenvalue weighted by molar-refractivity contribution is -0.137. The van der Waals surface area contributed by atoms with Crippen LogP contribution in [0.3, 0.4) is 0 Å². The zero-order chi connectivity index (χ0) is 19.5. The number of amides is 2. The zero-order valence-corrected chi connectivity index (χ0v) is 17.9. The van der Waals surface area contributed by atoms with E-state index in [1.165, 1.54) is 35.4 Å². The van der Waals surface area contributed by atoms with Crippen LogP contribution in [-0.2, 0) is 9.59 Å². The molecule has 1 saturated heterocycles. The van der Waals surface area contributed by atoms with Gasteiger partial charge in [-0.3, -0.25) is 9.59 Å². The molecule has 2 heterocycles. The average Bonchev–Trinajstić information content (AvgIpc) is 3.43. The summed E-state index contributed by atoms with van der Waals surface area (Å²) in [6.07, 6.45) is 11.6. The molecule has 5 heteroatoms. The van der Waals surface area contributed by atoms with E-state index in [1.54, 1.807) is 0 Å². The first kappa shape index (κ1) is 19.9. The predicted octanol–water partition coefficient (Wildman–Crippen LogP) is 4.98. The van der Waals surface area contributed by atoms with Crippen molar-refractivity contribution in [3.05, 3.63) is 21.9 Å². The number of carbonyl (C=O) groups excluding carboxylic acids is 2. The van der Waals surface area contributed by atoms with Gasteiger partial charge in [-0.1, -0.05) is 12.8 Å². The van der Waals surface area contributed by atoms with Crippen molar-refractivity contribution < 1.29 is 9.59 Å². The fraction of sp³-hybridized carbons (Fsp3) is 0.739. The van der Waals surface area contributed by atoms with Gasteiger partial charge in [-0.2, -0.15) is 0 Å². The molecule has 4 rings (SSSR count). The summed E-state index contributed by atoms with van der Waals surface area (Å²) in [5, 5.41) is 3.25. The second-order valence-corrected chi connectivity index (χ2v) is 10.4. The summed E-state index contributed by atoms with van der Waals surface area (Å²) in [5.41, 5.74) is 0. The lowest BCUT2D eigenvalue weighted by Gasteiger charge is -2.33. The fourth-order valence-corrected chi connectivity index (χ4v) is 6.47. The SMILES string of the molecule is Cc1ccc(C2CCCN2C(=O)C2CCC(NC(=O)CC3CCCC3)CC2)s1. The van der Waals surface area contributed by atoms with Gasteiger partial charge in [-0.25, -0.2) is 0 Å². The molecule has 2 amide bonds. The van der Waals surface area contributed by atoms with E-state index >= 15 is 0 Å². The van der Waals surface area contributed by atoms with Crippen molar-refractivity contribution in [2.75, 3.05) is 6.54 Å². The minimum absolute atomic E-state index is 0.143. The Hall–Kier alpha value is -1.36. The third kappa shape index (κ3) is 4.61. The maximum atomic E-state index is 13.2. The highest BCUT2D eigenvalue weighted by molar-refractivity contribution is 7.12. The molecule has 0 bridgehead atoms. The quantitative estimate of drug-likeness (QED) is 0.755. The van der Waals surface area contributed by atoms with Gasteiger partial charge in [0.25, 0.3) is 0 Å². The summed E-state index contributed by atoms with van der Waals surface area (Å²) in [7, 11) is 0. The van der Waals surface area contributed by atoms with Gasteiger partial charge in [0.15, 0.2) is 0 Å². The Bertz CT molecular complexity index is 687. The molecule has 1 unspecified atom stereocenters. The molecule has 1 N–H and O–H groups in total. The Morgan fingerprint density at radius 2 is 1.79 bits per heavy atom. The Morgan fingerprint density at radius 1 is 1.04 bits per heavy atom. The molecule has 1 aliphatic heterocycles. The lowest BCUT2D eigenvalue weighted by Crippen LogP contribution is -2.42. The minimum atomic E-state index is 0.143. The monoisotopic (exact) mass is 402 g/mol. The van der Waals surface area contributed by atoms with Crippen molar-refractivity contribution in [3.8, 4) is 0 Å². The molecule has 3 aliphatic rings. The van der Waals surface area contributed by atoms with E-state index in [2.05, 4.69) is 29.3 Å². The van der Waals surface area contributed by atoms with E-state index in [9.17, 15) is 9.59 Å². The number of nitrogens with one attached hydrogen (secondary N) is 1. The number of nitrogens with zero attached hydrogens (tertiary/aromatic N) is 1. The smallest absolute Gasteiger partial charge is 0.226 e. The molecule has 154 valence electrons. The number of likely N-dealkylation sites (tertiary alicyclic amines) is 1. The first-order chi connectivity index (χ1) is 13.6. The van der Waals surface area contributed by atoms with E-state index in [0.717, 1.165) is 45.1 Å². The van der Waals surface area contributed by atoms with E-state index in [4.69, 9.17) is 0 Å². The summed E-state index contributed by atoms with van der Waals surface area (Å²) >= 11 is 1.83. The van der Waals surface area contributed by atoms with Crippen molar-refractivity contribution in [1.29, 1.82) is 0 Å². The van der Waals surface area contributed by atoms with E-state index in [1.807, 2.05) is 11.3 Å². The van der Waals surface area contributed by atoms with E-state index in [0.29, 0.717) is 18.2 Å². The number of aryl methyl sites for hydroxylation is 1. The summed E-state index contributed by atoms with van der Waals surface area (Å²) in [5.74, 6) is 1.33. The van der Waals surface area contributed by atoms with Crippen LogP contribution in [0.25, 0.3) is 0 Å².